The van der Waals surface area contributed by atoms with Crippen LogP contribution in [0, 0.1) is 0 Å². The molecule has 1 atom stereocenters. The summed E-state index contributed by atoms with van der Waals surface area (Å²) >= 11 is 5.77. The topological polar surface area (TPSA) is 80.3 Å². The number of amides is 2. The van der Waals surface area contributed by atoms with Crippen molar-refractivity contribution in [2.75, 3.05) is 37.6 Å². The average Bonchev–Trinajstić information content (AvgIpc) is 3.19. The lowest BCUT2D eigenvalue weighted by molar-refractivity contribution is -0.124. The van der Waals surface area contributed by atoms with E-state index < -0.39 is 6.04 Å². The van der Waals surface area contributed by atoms with E-state index in [9.17, 15) is 9.59 Å². The molecule has 8 nitrogen and oxygen atoms in total. The summed E-state index contributed by atoms with van der Waals surface area (Å²) in [5.41, 5.74) is 2.30. The van der Waals surface area contributed by atoms with Gasteiger partial charge in [-0.1, -0.05) is 31.2 Å². The van der Waals surface area contributed by atoms with E-state index in [1.165, 1.54) is 4.90 Å². The van der Waals surface area contributed by atoms with Crippen molar-refractivity contribution in [3.8, 4) is 17.2 Å². The molecule has 9 heteroatoms. The largest absolute Gasteiger partial charge is 0.494 e. The summed E-state index contributed by atoms with van der Waals surface area (Å²) in [4.78, 5) is 30.1. The number of nitrogens with zero attached hydrogens (tertiary/aromatic N) is 2. The van der Waals surface area contributed by atoms with Crippen LogP contribution in [0.1, 0.15) is 25.3 Å². The second-order valence-electron chi connectivity index (χ2n) is 9.07. The molecule has 4 rings (SSSR count). The summed E-state index contributed by atoms with van der Waals surface area (Å²) in [6.45, 7) is 3.12. The second-order valence-corrected chi connectivity index (χ2v) is 9.43. The fraction of sp³-hybridized carbons (Fsp3) is 0.300. The number of ether oxygens (including phenoxy) is 3. The molecule has 0 saturated carbocycles. The number of hydrogen-bond donors (Lipinski definition) is 1. The van der Waals surface area contributed by atoms with Crippen LogP contribution in [0.15, 0.2) is 72.8 Å². The Labute approximate surface area is 234 Å². The van der Waals surface area contributed by atoms with Crippen LogP contribution < -0.4 is 24.4 Å². The van der Waals surface area contributed by atoms with Gasteiger partial charge in [-0.05, 0) is 79.2 Å². The fourth-order valence-corrected chi connectivity index (χ4v) is 4.84. The van der Waals surface area contributed by atoms with Gasteiger partial charge in [0.25, 0.3) is 5.91 Å². The maximum absolute atomic E-state index is 13.6. The highest BCUT2D eigenvalue weighted by atomic mass is 32.1. The van der Waals surface area contributed by atoms with Crippen molar-refractivity contribution >= 4 is 40.5 Å². The molecular formula is C30H33N3O5S. The Hall–Kier alpha value is -4.11. The molecule has 1 fully saturated rings. The molecular weight excluding hydrogens is 514 g/mol. The van der Waals surface area contributed by atoms with Crippen molar-refractivity contribution in [3.05, 3.63) is 78.4 Å². The zero-order valence-electron chi connectivity index (χ0n) is 22.4. The molecule has 3 aromatic carbocycles. The lowest BCUT2D eigenvalue weighted by Gasteiger charge is -2.24. The molecule has 1 N–H and O–H groups in total. The third-order valence-electron chi connectivity index (χ3n) is 6.41. The summed E-state index contributed by atoms with van der Waals surface area (Å²) in [5, 5.41) is 3.28. The van der Waals surface area contributed by atoms with Crippen LogP contribution >= 0.6 is 12.2 Å². The Bertz CT molecular complexity index is 1300. The van der Waals surface area contributed by atoms with E-state index in [4.69, 9.17) is 26.4 Å². The maximum Gasteiger partial charge on any atom is 0.256 e. The lowest BCUT2D eigenvalue weighted by atomic mass is 10.1. The number of methoxy groups -OCH3 is 2. The van der Waals surface area contributed by atoms with Crippen molar-refractivity contribution in [1.82, 2.24) is 4.90 Å². The van der Waals surface area contributed by atoms with E-state index >= 15 is 0 Å². The Morgan fingerprint density at radius 1 is 0.974 bits per heavy atom. The Balaban J connectivity index is 1.50. The minimum absolute atomic E-state index is 0.0394. The van der Waals surface area contributed by atoms with Crippen molar-refractivity contribution in [2.45, 2.75) is 32.2 Å². The summed E-state index contributed by atoms with van der Waals surface area (Å²) in [5.74, 6) is 1.51. The van der Waals surface area contributed by atoms with Gasteiger partial charge in [-0.2, -0.15) is 0 Å². The predicted octanol–water partition coefficient (Wildman–Crippen LogP) is 5.07. The monoisotopic (exact) mass is 547 g/mol. The zero-order valence-corrected chi connectivity index (χ0v) is 23.2. The summed E-state index contributed by atoms with van der Waals surface area (Å²) in [6.07, 6.45) is 1.47. The third-order valence-corrected chi connectivity index (χ3v) is 6.83. The van der Waals surface area contributed by atoms with Crippen LogP contribution in [0.3, 0.4) is 0 Å². The minimum Gasteiger partial charge on any atom is -0.494 e. The second kappa shape index (κ2) is 13.1. The molecule has 0 bridgehead atoms. The normalized spacial score (nSPS) is 14.9. The van der Waals surface area contributed by atoms with Crippen molar-refractivity contribution in [3.63, 3.8) is 0 Å². The number of para-hydroxylation sites is 1. The first-order chi connectivity index (χ1) is 18.9. The summed E-state index contributed by atoms with van der Waals surface area (Å²) in [7, 11) is 3.18. The quantitative estimate of drug-likeness (QED) is 0.317. The standard InChI is InChI=1S/C30H33N3O5S/c1-4-18-38-24-13-11-22(12-14-24)31-28(34)20-25-29(35)33(23-8-6-5-7-9-23)30(39)32(25)17-16-21-10-15-26(36-2)27(19-21)37-3/h5-15,19,25H,4,16-18,20H2,1-3H3,(H,31,34). The van der Waals surface area contributed by atoms with Crippen LogP contribution in [0.5, 0.6) is 17.2 Å². The van der Waals surface area contributed by atoms with Gasteiger partial charge in [0.2, 0.25) is 5.91 Å². The maximum atomic E-state index is 13.6. The van der Waals surface area contributed by atoms with E-state index in [1.54, 1.807) is 26.4 Å². The Morgan fingerprint density at radius 3 is 2.36 bits per heavy atom. The fourth-order valence-electron chi connectivity index (χ4n) is 4.43. The first-order valence-corrected chi connectivity index (χ1v) is 13.3. The highest BCUT2D eigenvalue weighted by Gasteiger charge is 2.43. The molecule has 0 aliphatic carbocycles. The molecule has 1 aliphatic rings. The predicted molar refractivity (Wildman–Crippen MR) is 156 cm³/mol. The van der Waals surface area contributed by atoms with E-state index in [-0.39, 0.29) is 18.2 Å². The Morgan fingerprint density at radius 2 is 1.69 bits per heavy atom. The van der Waals surface area contributed by atoms with Gasteiger partial charge >= 0.3 is 0 Å². The van der Waals surface area contributed by atoms with Crippen molar-refractivity contribution < 1.29 is 23.8 Å². The highest BCUT2D eigenvalue weighted by Crippen LogP contribution is 2.30. The van der Waals surface area contributed by atoms with Crippen LogP contribution in [0.25, 0.3) is 0 Å². The van der Waals surface area contributed by atoms with Gasteiger partial charge in [0, 0.05) is 12.2 Å². The molecule has 1 saturated heterocycles. The van der Waals surface area contributed by atoms with Crippen LogP contribution in [0.2, 0.25) is 0 Å². The molecule has 0 aromatic heterocycles. The number of benzene rings is 3. The van der Waals surface area contributed by atoms with Gasteiger partial charge in [-0.3, -0.25) is 14.5 Å². The number of carbonyl (C=O) groups excluding carboxylic acids is 2. The first kappa shape index (κ1) is 27.9. The lowest BCUT2D eigenvalue weighted by Crippen LogP contribution is -2.39. The minimum atomic E-state index is -0.731. The Kier molecular flexibility index (Phi) is 9.38. The van der Waals surface area contributed by atoms with Gasteiger partial charge in [-0.25, -0.2) is 0 Å². The third kappa shape index (κ3) is 6.67. The molecule has 0 radical (unpaired) electrons. The summed E-state index contributed by atoms with van der Waals surface area (Å²) < 4.78 is 16.4. The molecule has 2 amide bonds. The van der Waals surface area contributed by atoms with E-state index in [0.29, 0.717) is 47.6 Å². The van der Waals surface area contributed by atoms with E-state index in [2.05, 4.69) is 5.32 Å². The molecule has 1 unspecified atom stereocenters. The average molecular weight is 548 g/mol. The van der Waals surface area contributed by atoms with Crippen molar-refractivity contribution in [2.24, 2.45) is 0 Å². The van der Waals surface area contributed by atoms with Gasteiger partial charge in [0.15, 0.2) is 16.6 Å². The van der Waals surface area contributed by atoms with E-state index in [0.717, 1.165) is 17.7 Å². The molecule has 1 heterocycles. The van der Waals surface area contributed by atoms with Gasteiger partial charge in [0.05, 0.1) is 32.9 Å². The van der Waals surface area contributed by atoms with Gasteiger partial charge in [0.1, 0.15) is 11.8 Å². The molecule has 204 valence electrons. The molecule has 0 spiro atoms. The van der Waals surface area contributed by atoms with Crippen LogP contribution in [0.4, 0.5) is 11.4 Å². The van der Waals surface area contributed by atoms with Gasteiger partial charge in [-0.15, -0.1) is 0 Å². The summed E-state index contributed by atoms with van der Waals surface area (Å²) in [6, 6.07) is 21.4. The molecule has 3 aromatic rings. The molecule has 1 aliphatic heterocycles. The number of thiocarbonyl (C=S) groups is 1. The number of rotatable bonds is 12. The SMILES string of the molecule is CCCOc1ccc(NC(=O)CC2C(=O)N(c3ccccc3)C(=S)N2CCc2ccc(OC)c(OC)c2)cc1. The number of nitrogens with one attached hydrogen (secondary N) is 1. The van der Waals surface area contributed by atoms with Gasteiger partial charge < -0.3 is 24.4 Å². The molecule has 39 heavy (non-hydrogen) atoms. The number of anilines is 2. The van der Waals surface area contributed by atoms with Crippen LogP contribution in [-0.4, -0.2) is 55.2 Å². The number of hydrogen-bond acceptors (Lipinski definition) is 6. The van der Waals surface area contributed by atoms with E-state index in [1.807, 2.05) is 72.5 Å². The smallest absolute Gasteiger partial charge is 0.256 e. The zero-order chi connectivity index (χ0) is 27.8. The first-order valence-electron chi connectivity index (χ1n) is 12.9. The van der Waals surface area contributed by atoms with Crippen LogP contribution in [-0.2, 0) is 16.0 Å². The highest BCUT2D eigenvalue weighted by molar-refractivity contribution is 7.80. The number of carbonyl (C=O) groups is 2. The van der Waals surface area contributed by atoms with Crippen molar-refractivity contribution in [1.29, 1.82) is 0 Å².